The van der Waals surface area contributed by atoms with Crippen molar-refractivity contribution in [2.75, 3.05) is 31.6 Å². The van der Waals surface area contributed by atoms with Crippen LogP contribution in [0.3, 0.4) is 0 Å². The van der Waals surface area contributed by atoms with Crippen LogP contribution >= 0.6 is 11.8 Å². The Kier molecular flexibility index (Phi) is 7.97. The van der Waals surface area contributed by atoms with Crippen LogP contribution in [0.2, 0.25) is 0 Å². The molecule has 0 radical (unpaired) electrons. The molecule has 1 amide bonds. The maximum atomic E-state index is 13.1. The minimum absolute atomic E-state index is 0.0321. The molecule has 2 atom stereocenters. The fourth-order valence-electron chi connectivity index (χ4n) is 4.19. The summed E-state index contributed by atoms with van der Waals surface area (Å²) in [6.07, 6.45) is 10.0. The lowest BCUT2D eigenvalue weighted by Gasteiger charge is -2.35. The van der Waals surface area contributed by atoms with E-state index in [-0.39, 0.29) is 12.0 Å². The highest BCUT2D eigenvalue weighted by Crippen LogP contribution is 2.25. The van der Waals surface area contributed by atoms with E-state index in [9.17, 15) is 4.79 Å². The van der Waals surface area contributed by atoms with E-state index in [0.717, 1.165) is 30.8 Å². The average Bonchev–Trinajstić information content (AvgIpc) is 2.87. The van der Waals surface area contributed by atoms with Crippen molar-refractivity contribution in [3.05, 3.63) is 30.1 Å². The van der Waals surface area contributed by atoms with Crippen molar-refractivity contribution in [1.29, 1.82) is 0 Å². The van der Waals surface area contributed by atoms with Crippen LogP contribution in [0.1, 0.15) is 44.7 Å². The molecule has 1 aliphatic heterocycles. The highest BCUT2D eigenvalue weighted by Gasteiger charge is 2.34. The Balaban J connectivity index is 1.70. The number of pyridine rings is 1. The van der Waals surface area contributed by atoms with E-state index < -0.39 is 0 Å². The summed E-state index contributed by atoms with van der Waals surface area (Å²) in [5.74, 6) is 1.31. The predicted molar refractivity (Wildman–Crippen MR) is 111 cm³/mol. The zero-order valence-electron chi connectivity index (χ0n) is 16.7. The Morgan fingerprint density at radius 3 is 2.78 bits per heavy atom. The summed E-state index contributed by atoms with van der Waals surface area (Å²) in [5, 5.41) is 0. The van der Waals surface area contributed by atoms with E-state index in [4.69, 9.17) is 4.74 Å². The van der Waals surface area contributed by atoms with Gasteiger partial charge in [0.05, 0.1) is 24.9 Å². The first-order chi connectivity index (χ1) is 13.2. The minimum atomic E-state index is 0.0321. The smallest absolute Gasteiger partial charge is 0.237 e. The number of ether oxygens (including phenoxy) is 1. The van der Waals surface area contributed by atoms with Crippen molar-refractivity contribution in [3.8, 4) is 0 Å². The van der Waals surface area contributed by atoms with Gasteiger partial charge < -0.3 is 9.64 Å². The van der Waals surface area contributed by atoms with Crippen LogP contribution in [-0.4, -0.2) is 70.5 Å². The van der Waals surface area contributed by atoms with Crippen LogP contribution in [0.4, 0.5) is 0 Å². The first-order valence-corrected chi connectivity index (χ1v) is 11.6. The number of nitrogens with zero attached hydrogens (tertiary/aromatic N) is 3. The normalized spacial score (nSPS) is 24.0. The van der Waals surface area contributed by atoms with Crippen molar-refractivity contribution in [2.24, 2.45) is 0 Å². The summed E-state index contributed by atoms with van der Waals surface area (Å²) in [5.41, 5.74) is 0.945. The number of hydrogen-bond acceptors (Lipinski definition) is 5. The Morgan fingerprint density at radius 2 is 2.07 bits per heavy atom. The molecule has 2 fully saturated rings. The van der Waals surface area contributed by atoms with E-state index >= 15 is 0 Å². The van der Waals surface area contributed by atoms with Crippen LogP contribution < -0.4 is 0 Å². The van der Waals surface area contributed by atoms with Crippen LogP contribution in [0, 0.1) is 0 Å². The van der Waals surface area contributed by atoms with Gasteiger partial charge in [-0.05, 0) is 38.2 Å². The molecule has 1 aliphatic carbocycles. The van der Waals surface area contributed by atoms with E-state index in [1.165, 1.54) is 19.3 Å². The number of aromatic nitrogens is 1. The lowest BCUT2D eigenvalue weighted by atomic mass is 9.94. The number of carbonyl (C=O) groups excluding carboxylic acids is 1. The zero-order chi connectivity index (χ0) is 19.1. The zero-order valence-corrected chi connectivity index (χ0v) is 17.5. The number of thioether (sulfide) groups is 1. The monoisotopic (exact) mass is 391 g/mol. The van der Waals surface area contributed by atoms with Gasteiger partial charge in [-0.25, -0.2) is 0 Å². The summed E-state index contributed by atoms with van der Waals surface area (Å²) in [7, 11) is 0. The molecule has 1 saturated carbocycles. The summed E-state index contributed by atoms with van der Waals surface area (Å²) < 4.78 is 6.27. The van der Waals surface area contributed by atoms with Gasteiger partial charge in [0.1, 0.15) is 0 Å². The lowest BCUT2D eigenvalue weighted by molar-refractivity contribution is -0.135. The number of amides is 1. The highest BCUT2D eigenvalue weighted by molar-refractivity contribution is 7.98. The molecule has 27 heavy (non-hydrogen) atoms. The number of hydrogen-bond donors (Lipinski definition) is 0. The van der Waals surface area contributed by atoms with Gasteiger partial charge in [-0.3, -0.25) is 14.7 Å². The molecule has 5 nitrogen and oxygen atoms in total. The molecule has 2 aliphatic rings. The molecular weight excluding hydrogens is 358 g/mol. The third kappa shape index (κ3) is 5.93. The molecular formula is C21H33N3O2S. The molecule has 150 valence electrons. The van der Waals surface area contributed by atoms with Crippen molar-refractivity contribution < 1.29 is 9.53 Å². The van der Waals surface area contributed by atoms with Gasteiger partial charge in [-0.15, -0.1) is 0 Å². The van der Waals surface area contributed by atoms with Gasteiger partial charge in [0, 0.05) is 37.1 Å². The van der Waals surface area contributed by atoms with Crippen molar-refractivity contribution in [2.45, 2.75) is 63.8 Å². The van der Waals surface area contributed by atoms with Crippen molar-refractivity contribution >= 4 is 17.7 Å². The largest absolute Gasteiger partial charge is 0.369 e. The molecule has 1 saturated heterocycles. The Labute approximate surface area is 167 Å². The highest BCUT2D eigenvalue weighted by atomic mass is 32.2. The lowest BCUT2D eigenvalue weighted by Crippen LogP contribution is -2.46. The second-order valence-electron chi connectivity index (χ2n) is 7.83. The Morgan fingerprint density at radius 1 is 1.26 bits per heavy atom. The van der Waals surface area contributed by atoms with Crippen molar-refractivity contribution in [1.82, 2.24) is 14.8 Å². The van der Waals surface area contributed by atoms with Crippen molar-refractivity contribution in [3.63, 3.8) is 0 Å². The van der Waals surface area contributed by atoms with Gasteiger partial charge in [-0.1, -0.05) is 25.3 Å². The SMILES string of the molecule is CSC[C@@H](C)N1CC(=O)N(C2CCCCC2)C[C@@H](OCc2ccccn2)C1. The van der Waals surface area contributed by atoms with Crippen LogP contribution in [0.25, 0.3) is 0 Å². The molecule has 0 spiro atoms. The summed E-state index contributed by atoms with van der Waals surface area (Å²) in [6.45, 7) is 4.75. The topological polar surface area (TPSA) is 45.7 Å². The summed E-state index contributed by atoms with van der Waals surface area (Å²) in [6, 6.07) is 6.67. The van der Waals surface area contributed by atoms with Crippen LogP contribution in [0.15, 0.2) is 24.4 Å². The summed E-state index contributed by atoms with van der Waals surface area (Å²) in [4.78, 5) is 21.9. The molecule has 1 aromatic heterocycles. The first-order valence-electron chi connectivity index (χ1n) is 10.2. The molecule has 1 aromatic rings. The van der Waals surface area contributed by atoms with Crippen LogP contribution in [-0.2, 0) is 16.1 Å². The Bertz CT molecular complexity index is 580. The van der Waals surface area contributed by atoms with E-state index in [0.29, 0.717) is 31.8 Å². The fourth-order valence-corrected chi connectivity index (χ4v) is 4.88. The van der Waals surface area contributed by atoms with E-state index in [1.807, 2.05) is 30.0 Å². The minimum Gasteiger partial charge on any atom is -0.369 e. The third-order valence-electron chi connectivity index (χ3n) is 5.74. The second-order valence-corrected chi connectivity index (χ2v) is 8.74. The molecule has 2 heterocycles. The molecule has 0 bridgehead atoms. The average molecular weight is 392 g/mol. The summed E-state index contributed by atoms with van der Waals surface area (Å²) >= 11 is 1.83. The molecule has 0 N–H and O–H groups in total. The predicted octanol–water partition coefficient (Wildman–Crippen LogP) is 3.20. The van der Waals surface area contributed by atoms with Gasteiger partial charge in [-0.2, -0.15) is 11.8 Å². The van der Waals surface area contributed by atoms with Crippen LogP contribution in [0.5, 0.6) is 0 Å². The van der Waals surface area contributed by atoms with E-state index in [2.05, 4.69) is 28.0 Å². The first kappa shape index (κ1) is 20.6. The standard InChI is InChI=1S/C21H33N3O2S/c1-17(16-27-2)23-12-20(26-15-18-8-6-7-11-22-18)13-24(21(25)14-23)19-9-4-3-5-10-19/h6-8,11,17,19-20H,3-5,9-10,12-16H2,1-2H3/t17-,20+/m1/s1. The van der Waals surface area contributed by atoms with E-state index in [1.54, 1.807) is 6.20 Å². The quantitative estimate of drug-likeness (QED) is 0.714. The van der Waals surface area contributed by atoms with Gasteiger partial charge >= 0.3 is 0 Å². The van der Waals surface area contributed by atoms with Gasteiger partial charge in [0.15, 0.2) is 0 Å². The van der Waals surface area contributed by atoms with Gasteiger partial charge in [0.25, 0.3) is 0 Å². The number of rotatable bonds is 7. The molecule has 3 rings (SSSR count). The van der Waals surface area contributed by atoms with Gasteiger partial charge in [0.2, 0.25) is 5.91 Å². The molecule has 0 aromatic carbocycles. The molecule has 6 heteroatoms. The maximum Gasteiger partial charge on any atom is 0.237 e. The molecule has 0 unspecified atom stereocenters. The fraction of sp³-hybridized carbons (Fsp3) is 0.714. The third-order valence-corrected chi connectivity index (χ3v) is 6.55. The Hall–Kier alpha value is -1.11. The second kappa shape index (κ2) is 10.4. The maximum absolute atomic E-state index is 13.1. The number of carbonyl (C=O) groups is 1.